The number of carbonyl (C=O) groups is 1. The number of amides is 1. The summed E-state index contributed by atoms with van der Waals surface area (Å²) < 4.78 is 1.70. The highest BCUT2D eigenvalue weighted by Crippen LogP contribution is 2.27. The summed E-state index contributed by atoms with van der Waals surface area (Å²) in [5.41, 5.74) is 1.39. The molecule has 5 heteroatoms. The zero-order chi connectivity index (χ0) is 14.6. The minimum atomic E-state index is -0.0948. The summed E-state index contributed by atoms with van der Waals surface area (Å²) in [7, 11) is 0. The molecule has 4 nitrogen and oxygen atoms in total. The second kappa shape index (κ2) is 6.27. The van der Waals surface area contributed by atoms with Crippen LogP contribution in [0.5, 0.6) is 0 Å². The summed E-state index contributed by atoms with van der Waals surface area (Å²) in [6.45, 7) is 4.80. The molecular formula is C15H20ClN3O. The predicted molar refractivity (Wildman–Crippen MR) is 81.3 cm³/mol. The van der Waals surface area contributed by atoms with E-state index in [-0.39, 0.29) is 11.3 Å². The monoisotopic (exact) mass is 293 g/mol. The molecule has 0 saturated heterocycles. The first-order chi connectivity index (χ1) is 9.65. The van der Waals surface area contributed by atoms with E-state index < -0.39 is 0 Å². The van der Waals surface area contributed by atoms with E-state index in [0.29, 0.717) is 18.0 Å². The summed E-state index contributed by atoms with van der Waals surface area (Å²) in [6, 6.07) is 5.67. The first-order valence-electron chi connectivity index (χ1n) is 6.92. The lowest BCUT2D eigenvalue weighted by Gasteiger charge is -2.29. The van der Waals surface area contributed by atoms with Crippen LogP contribution in [0.25, 0.3) is 5.52 Å². The fourth-order valence-corrected chi connectivity index (χ4v) is 2.68. The Kier molecular flexibility index (Phi) is 4.65. The molecule has 2 rings (SSSR count). The van der Waals surface area contributed by atoms with Gasteiger partial charge >= 0.3 is 0 Å². The summed E-state index contributed by atoms with van der Waals surface area (Å²) in [5, 5.41) is 7.17. The van der Waals surface area contributed by atoms with Crippen molar-refractivity contribution < 1.29 is 4.79 Å². The number of aromatic nitrogens is 2. The number of nitrogens with zero attached hydrogens (tertiary/aromatic N) is 2. The van der Waals surface area contributed by atoms with E-state index >= 15 is 0 Å². The van der Waals surface area contributed by atoms with Gasteiger partial charge in [0.05, 0.1) is 17.3 Å². The van der Waals surface area contributed by atoms with E-state index in [1.807, 2.05) is 24.4 Å². The molecule has 0 aliphatic carbocycles. The normalized spacial score (nSPS) is 11.8. The van der Waals surface area contributed by atoms with Gasteiger partial charge < -0.3 is 5.32 Å². The standard InChI is InChI=1S/C15H20ClN3O/c1-3-15(4-2,10-16)11-17-14(20)12-9-18-19-8-6-5-7-13(12)19/h5-9H,3-4,10-11H2,1-2H3,(H,17,20). The number of hydrogen-bond acceptors (Lipinski definition) is 2. The topological polar surface area (TPSA) is 46.4 Å². The molecule has 2 aromatic heterocycles. The zero-order valence-corrected chi connectivity index (χ0v) is 12.7. The largest absolute Gasteiger partial charge is 0.351 e. The fourth-order valence-electron chi connectivity index (χ4n) is 2.21. The molecule has 0 atom stereocenters. The third-order valence-corrected chi connectivity index (χ3v) is 4.65. The maximum Gasteiger partial charge on any atom is 0.255 e. The number of pyridine rings is 1. The van der Waals surface area contributed by atoms with Gasteiger partial charge in [-0.15, -0.1) is 11.6 Å². The van der Waals surface area contributed by atoms with Gasteiger partial charge in [0.25, 0.3) is 5.91 Å². The van der Waals surface area contributed by atoms with Gasteiger partial charge in [0.1, 0.15) is 0 Å². The molecule has 1 N–H and O–H groups in total. The molecule has 0 bridgehead atoms. The molecule has 20 heavy (non-hydrogen) atoms. The second-order valence-electron chi connectivity index (χ2n) is 5.11. The molecule has 0 fully saturated rings. The van der Waals surface area contributed by atoms with Gasteiger partial charge in [0, 0.05) is 24.0 Å². The van der Waals surface area contributed by atoms with Crippen LogP contribution in [0.4, 0.5) is 0 Å². The maximum absolute atomic E-state index is 12.3. The third-order valence-electron chi connectivity index (χ3n) is 4.08. The summed E-state index contributed by atoms with van der Waals surface area (Å²) in [4.78, 5) is 12.3. The van der Waals surface area contributed by atoms with Gasteiger partial charge in [-0.1, -0.05) is 19.9 Å². The van der Waals surface area contributed by atoms with E-state index in [9.17, 15) is 4.79 Å². The van der Waals surface area contributed by atoms with Crippen LogP contribution >= 0.6 is 11.6 Å². The molecule has 2 heterocycles. The minimum absolute atomic E-state index is 0.0276. The van der Waals surface area contributed by atoms with Gasteiger partial charge in [-0.3, -0.25) is 4.79 Å². The molecule has 0 spiro atoms. The zero-order valence-electron chi connectivity index (χ0n) is 11.9. The van der Waals surface area contributed by atoms with Crippen molar-refractivity contribution in [3.05, 3.63) is 36.2 Å². The Morgan fingerprint density at radius 1 is 1.40 bits per heavy atom. The van der Waals surface area contributed by atoms with Crippen LogP contribution in [-0.4, -0.2) is 27.9 Å². The quantitative estimate of drug-likeness (QED) is 0.832. The minimum Gasteiger partial charge on any atom is -0.351 e. The first-order valence-corrected chi connectivity index (χ1v) is 7.46. The van der Waals surface area contributed by atoms with Crippen molar-refractivity contribution in [2.45, 2.75) is 26.7 Å². The molecule has 0 saturated carbocycles. The van der Waals surface area contributed by atoms with Crippen molar-refractivity contribution in [3.8, 4) is 0 Å². The molecule has 0 unspecified atom stereocenters. The Labute approximate surface area is 124 Å². The van der Waals surface area contributed by atoms with Crippen molar-refractivity contribution in [3.63, 3.8) is 0 Å². The lowest BCUT2D eigenvalue weighted by molar-refractivity contribution is 0.0933. The van der Waals surface area contributed by atoms with Crippen LogP contribution < -0.4 is 5.32 Å². The summed E-state index contributed by atoms with van der Waals surface area (Å²) >= 11 is 6.06. The molecule has 1 amide bonds. The number of carbonyl (C=O) groups excluding carboxylic acids is 1. The van der Waals surface area contributed by atoms with Crippen LogP contribution in [0.1, 0.15) is 37.0 Å². The molecule has 0 radical (unpaired) electrons. The van der Waals surface area contributed by atoms with Crippen molar-refractivity contribution in [1.82, 2.24) is 14.9 Å². The number of halogens is 1. The highest BCUT2D eigenvalue weighted by Gasteiger charge is 2.26. The smallest absolute Gasteiger partial charge is 0.255 e. The van der Waals surface area contributed by atoms with Crippen LogP contribution in [-0.2, 0) is 0 Å². The summed E-state index contributed by atoms with van der Waals surface area (Å²) in [5.74, 6) is 0.456. The van der Waals surface area contributed by atoms with Crippen LogP contribution in [0.3, 0.4) is 0 Å². The first kappa shape index (κ1) is 14.9. The van der Waals surface area contributed by atoms with Gasteiger partial charge in [-0.2, -0.15) is 5.10 Å². The number of fused-ring (bicyclic) bond motifs is 1. The van der Waals surface area contributed by atoms with Crippen LogP contribution in [0, 0.1) is 5.41 Å². The van der Waals surface area contributed by atoms with Crippen molar-refractivity contribution in [2.24, 2.45) is 5.41 Å². The summed E-state index contributed by atoms with van der Waals surface area (Å²) in [6.07, 6.45) is 5.32. The number of hydrogen-bond donors (Lipinski definition) is 1. The van der Waals surface area contributed by atoms with Crippen LogP contribution in [0.15, 0.2) is 30.6 Å². The average molecular weight is 294 g/mol. The predicted octanol–water partition coefficient (Wildman–Crippen LogP) is 3.11. The highest BCUT2D eigenvalue weighted by atomic mass is 35.5. The average Bonchev–Trinajstić information content (AvgIpc) is 2.93. The SMILES string of the molecule is CCC(CC)(CCl)CNC(=O)c1cnn2ccccc12. The Hall–Kier alpha value is -1.55. The van der Waals surface area contributed by atoms with E-state index in [0.717, 1.165) is 18.4 Å². The number of rotatable bonds is 6. The van der Waals surface area contributed by atoms with Gasteiger partial charge in [-0.25, -0.2) is 4.52 Å². The third kappa shape index (κ3) is 2.80. The molecule has 0 aliphatic rings. The fraction of sp³-hybridized carbons (Fsp3) is 0.467. The van der Waals surface area contributed by atoms with E-state index in [4.69, 9.17) is 11.6 Å². The lowest BCUT2D eigenvalue weighted by Crippen LogP contribution is -2.38. The number of alkyl halides is 1. The van der Waals surface area contributed by atoms with E-state index in [1.54, 1.807) is 10.7 Å². The lowest BCUT2D eigenvalue weighted by atomic mass is 9.84. The van der Waals surface area contributed by atoms with Crippen molar-refractivity contribution in [2.75, 3.05) is 12.4 Å². The second-order valence-corrected chi connectivity index (χ2v) is 5.38. The van der Waals surface area contributed by atoms with Crippen molar-refractivity contribution in [1.29, 1.82) is 0 Å². The molecule has 0 aliphatic heterocycles. The van der Waals surface area contributed by atoms with E-state index in [1.165, 1.54) is 0 Å². The van der Waals surface area contributed by atoms with Crippen molar-refractivity contribution >= 4 is 23.0 Å². The highest BCUT2D eigenvalue weighted by molar-refractivity contribution is 6.18. The van der Waals surface area contributed by atoms with Crippen LogP contribution in [0.2, 0.25) is 0 Å². The Morgan fingerprint density at radius 3 is 2.80 bits per heavy atom. The molecular weight excluding hydrogens is 274 g/mol. The molecule has 0 aromatic carbocycles. The Balaban J connectivity index is 2.13. The Morgan fingerprint density at radius 2 is 2.15 bits per heavy atom. The van der Waals surface area contributed by atoms with Gasteiger partial charge in [0.2, 0.25) is 0 Å². The van der Waals surface area contributed by atoms with E-state index in [2.05, 4.69) is 24.3 Å². The Bertz CT molecular complexity index is 581. The maximum atomic E-state index is 12.3. The van der Waals surface area contributed by atoms with Gasteiger partial charge in [0.15, 0.2) is 0 Å². The number of nitrogens with one attached hydrogen (secondary N) is 1. The molecule has 2 aromatic rings. The van der Waals surface area contributed by atoms with Gasteiger partial charge in [-0.05, 0) is 25.0 Å². The molecule has 108 valence electrons.